The summed E-state index contributed by atoms with van der Waals surface area (Å²) in [7, 11) is 2.06. The van der Waals surface area contributed by atoms with Crippen LogP contribution < -0.4 is 5.73 Å². The first kappa shape index (κ1) is 16.7. The minimum atomic E-state index is -0.375. The minimum Gasteiger partial charge on any atom is -0.366 e. The van der Waals surface area contributed by atoms with Crippen LogP contribution in [0, 0.1) is 6.92 Å². The monoisotopic (exact) mass is 338 g/mol. The third-order valence-corrected chi connectivity index (χ3v) is 5.58. The van der Waals surface area contributed by atoms with Crippen LogP contribution in [0.1, 0.15) is 28.5 Å². The van der Waals surface area contributed by atoms with Gasteiger partial charge in [0, 0.05) is 45.2 Å². The third kappa shape index (κ3) is 2.42. The standard InChI is InChI=1S/C20H22N2OS/c1-5-13-17(24-4)11-10-15(20(21)23)19(13)18-12(2)22(3)16-9-7-6-8-14(16)18/h6-11H,5H2,1-4H3,(H2,21,23). The van der Waals surface area contributed by atoms with E-state index in [4.69, 9.17) is 5.73 Å². The minimum absolute atomic E-state index is 0.375. The van der Waals surface area contributed by atoms with Gasteiger partial charge < -0.3 is 10.3 Å². The molecule has 0 radical (unpaired) electrons. The van der Waals surface area contributed by atoms with E-state index < -0.39 is 0 Å². The highest BCUT2D eigenvalue weighted by Crippen LogP contribution is 2.40. The van der Waals surface area contributed by atoms with Gasteiger partial charge in [0.05, 0.1) is 0 Å². The quantitative estimate of drug-likeness (QED) is 0.710. The van der Waals surface area contributed by atoms with Crippen LogP contribution in [0.4, 0.5) is 0 Å². The number of rotatable bonds is 4. The van der Waals surface area contributed by atoms with Gasteiger partial charge in [0.1, 0.15) is 0 Å². The number of aromatic nitrogens is 1. The summed E-state index contributed by atoms with van der Waals surface area (Å²) in [6.45, 7) is 4.23. The summed E-state index contributed by atoms with van der Waals surface area (Å²) < 4.78 is 2.18. The van der Waals surface area contributed by atoms with Crippen LogP contribution in [-0.4, -0.2) is 16.7 Å². The average molecular weight is 338 g/mol. The van der Waals surface area contributed by atoms with Crippen molar-refractivity contribution in [3.63, 3.8) is 0 Å². The maximum Gasteiger partial charge on any atom is 0.249 e. The van der Waals surface area contributed by atoms with Gasteiger partial charge in [0.15, 0.2) is 0 Å². The average Bonchev–Trinajstić information content (AvgIpc) is 2.84. The van der Waals surface area contributed by atoms with Crippen LogP contribution in [0.5, 0.6) is 0 Å². The molecule has 124 valence electrons. The van der Waals surface area contributed by atoms with Crippen molar-refractivity contribution < 1.29 is 4.79 Å². The number of hydrogen-bond donors (Lipinski definition) is 1. The van der Waals surface area contributed by atoms with Gasteiger partial charge in [-0.2, -0.15) is 0 Å². The van der Waals surface area contributed by atoms with E-state index in [2.05, 4.69) is 43.9 Å². The second kappa shape index (κ2) is 6.36. The number of carbonyl (C=O) groups is 1. The fourth-order valence-corrected chi connectivity index (χ4v) is 4.20. The van der Waals surface area contributed by atoms with Gasteiger partial charge in [0.2, 0.25) is 5.91 Å². The second-order valence-electron chi connectivity index (χ2n) is 5.92. The number of nitrogens with two attached hydrogens (primary N) is 1. The van der Waals surface area contributed by atoms with Crippen molar-refractivity contribution in [1.82, 2.24) is 4.57 Å². The summed E-state index contributed by atoms with van der Waals surface area (Å²) in [6, 6.07) is 12.2. The normalized spacial score (nSPS) is 11.2. The largest absolute Gasteiger partial charge is 0.366 e. The van der Waals surface area contributed by atoms with E-state index in [-0.39, 0.29) is 5.91 Å². The molecule has 2 aromatic carbocycles. The molecule has 0 atom stereocenters. The lowest BCUT2D eigenvalue weighted by molar-refractivity contribution is 0.100. The van der Waals surface area contributed by atoms with Crippen LogP contribution in [-0.2, 0) is 13.5 Å². The Hall–Kier alpha value is -2.20. The van der Waals surface area contributed by atoms with Crippen molar-refractivity contribution in [2.75, 3.05) is 6.26 Å². The molecular weight excluding hydrogens is 316 g/mol. The number of amides is 1. The Morgan fingerprint density at radius 2 is 1.88 bits per heavy atom. The summed E-state index contributed by atoms with van der Waals surface area (Å²) in [6.07, 6.45) is 2.92. The number of thioether (sulfide) groups is 1. The van der Waals surface area contributed by atoms with Gasteiger partial charge >= 0.3 is 0 Å². The second-order valence-corrected chi connectivity index (χ2v) is 6.77. The van der Waals surface area contributed by atoms with Gasteiger partial charge in [-0.25, -0.2) is 0 Å². The molecule has 0 aliphatic carbocycles. The molecule has 0 saturated heterocycles. The van der Waals surface area contributed by atoms with Gasteiger partial charge in [0.25, 0.3) is 0 Å². The van der Waals surface area contributed by atoms with Crippen LogP contribution in [0.25, 0.3) is 22.0 Å². The Balaban J connectivity index is 2.50. The zero-order valence-corrected chi connectivity index (χ0v) is 15.3. The smallest absolute Gasteiger partial charge is 0.249 e. The fraction of sp³-hybridized carbons (Fsp3) is 0.250. The molecule has 3 nitrogen and oxygen atoms in total. The highest BCUT2D eigenvalue weighted by atomic mass is 32.2. The lowest BCUT2D eigenvalue weighted by atomic mass is 9.91. The van der Waals surface area contributed by atoms with E-state index in [1.165, 1.54) is 10.5 Å². The molecule has 0 spiro atoms. The number of hydrogen-bond acceptors (Lipinski definition) is 2. The molecule has 0 saturated carbocycles. The van der Waals surface area contributed by atoms with Crippen LogP contribution in [0.3, 0.4) is 0 Å². The van der Waals surface area contributed by atoms with Gasteiger partial charge in [-0.3, -0.25) is 4.79 Å². The van der Waals surface area contributed by atoms with E-state index in [0.29, 0.717) is 5.56 Å². The van der Waals surface area contributed by atoms with Crippen molar-refractivity contribution in [1.29, 1.82) is 0 Å². The molecule has 1 aromatic heterocycles. The number of aryl methyl sites for hydroxylation is 1. The Morgan fingerprint density at radius 3 is 2.50 bits per heavy atom. The third-order valence-electron chi connectivity index (χ3n) is 4.76. The van der Waals surface area contributed by atoms with Crippen LogP contribution in [0.15, 0.2) is 41.3 Å². The van der Waals surface area contributed by atoms with E-state index in [1.54, 1.807) is 11.8 Å². The topological polar surface area (TPSA) is 48.0 Å². The van der Waals surface area contributed by atoms with Gasteiger partial charge in [-0.15, -0.1) is 11.8 Å². The van der Waals surface area contributed by atoms with E-state index in [9.17, 15) is 4.79 Å². The molecule has 0 bridgehead atoms. The zero-order chi connectivity index (χ0) is 17.4. The van der Waals surface area contributed by atoms with Crippen molar-refractivity contribution >= 4 is 28.6 Å². The number of primary amides is 1. The maximum atomic E-state index is 12.1. The Labute approximate surface area is 146 Å². The molecule has 1 amide bonds. The number of nitrogens with zero attached hydrogens (tertiary/aromatic N) is 1. The van der Waals surface area contributed by atoms with Crippen molar-refractivity contribution in [2.45, 2.75) is 25.2 Å². The maximum absolute atomic E-state index is 12.1. The lowest BCUT2D eigenvalue weighted by Crippen LogP contribution is -2.14. The van der Waals surface area contributed by atoms with Crippen LogP contribution in [0.2, 0.25) is 0 Å². The molecule has 3 aromatic rings. The lowest BCUT2D eigenvalue weighted by Gasteiger charge is -2.16. The molecule has 4 heteroatoms. The van der Waals surface area contributed by atoms with E-state index in [0.717, 1.165) is 34.1 Å². The molecule has 0 fully saturated rings. The number of carbonyl (C=O) groups excluding carboxylic acids is 1. The van der Waals surface area contributed by atoms with Gasteiger partial charge in [-0.05, 0) is 43.4 Å². The predicted octanol–water partition coefficient (Wildman–Crippen LogP) is 4.54. The summed E-state index contributed by atoms with van der Waals surface area (Å²) in [5, 5.41) is 1.16. The molecule has 1 heterocycles. The summed E-state index contributed by atoms with van der Waals surface area (Å²) in [4.78, 5) is 13.3. The summed E-state index contributed by atoms with van der Waals surface area (Å²) in [5.74, 6) is -0.375. The number of para-hydroxylation sites is 1. The molecular formula is C20H22N2OS. The molecule has 3 rings (SSSR count). The molecule has 0 unspecified atom stereocenters. The first-order valence-electron chi connectivity index (χ1n) is 8.05. The first-order chi connectivity index (χ1) is 11.5. The van der Waals surface area contributed by atoms with Crippen molar-refractivity contribution in [3.8, 4) is 11.1 Å². The molecule has 0 aliphatic heterocycles. The SMILES string of the molecule is CCc1c(SC)ccc(C(N)=O)c1-c1c(C)n(C)c2ccccc12. The zero-order valence-electron chi connectivity index (χ0n) is 14.5. The number of benzene rings is 2. The fourth-order valence-electron chi connectivity index (χ4n) is 3.50. The molecule has 0 aliphatic rings. The Morgan fingerprint density at radius 1 is 1.17 bits per heavy atom. The number of fused-ring (bicyclic) bond motifs is 1. The van der Waals surface area contributed by atoms with Gasteiger partial charge in [-0.1, -0.05) is 25.1 Å². The first-order valence-corrected chi connectivity index (χ1v) is 9.27. The Kier molecular flexibility index (Phi) is 4.41. The highest BCUT2D eigenvalue weighted by molar-refractivity contribution is 7.98. The Bertz CT molecular complexity index is 940. The highest BCUT2D eigenvalue weighted by Gasteiger charge is 2.22. The summed E-state index contributed by atoms with van der Waals surface area (Å²) >= 11 is 1.71. The van der Waals surface area contributed by atoms with E-state index in [1.807, 2.05) is 24.3 Å². The predicted molar refractivity (Wildman–Crippen MR) is 103 cm³/mol. The van der Waals surface area contributed by atoms with Crippen LogP contribution >= 0.6 is 11.8 Å². The van der Waals surface area contributed by atoms with Crippen molar-refractivity contribution in [3.05, 3.63) is 53.2 Å². The molecule has 24 heavy (non-hydrogen) atoms. The van der Waals surface area contributed by atoms with E-state index >= 15 is 0 Å². The van der Waals surface area contributed by atoms with Crippen molar-refractivity contribution in [2.24, 2.45) is 12.8 Å². The molecule has 2 N–H and O–H groups in total. The summed E-state index contributed by atoms with van der Waals surface area (Å²) in [5.41, 5.74) is 11.9.